The van der Waals surface area contributed by atoms with Gasteiger partial charge in [-0.25, -0.2) is 9.82 Å². The van der Waals surface area contributed by atoms with Gasteiger partial charge in [-0.1, -0.05) is 35.9 Å². The van der Waals surface area contributed by atoms with Crippen molar-refractivity contribution in [3.63, 3.8) is 0 Å². The standard InChI is InChI=1S/C16H13ClFN3O2/c17-12-7-5-11(6-8-12)9-20-21-15(22)10-19-16(23)13-3-1-2-4-14(13)18/h1-9H,10H2,(H,19,23)(H,21,22)/b20-9-. The molecule has 0 spiro atoms. The number of amides is 2. The van der Waals surface area contributed by atoms with Gasteiger partial charge >= 0.3 is 0 Å². The van der Waals surface area contributed by atoms with E-state index in [-0.39, 0.29) is 12.1 Å². The fourth-order valence-electron chi connectivity index (χ4n) is 1.67. The maximum atomic E-state index is 13.4. The van der Waals surface area contributed by atoms with Gasteiger partial charge in [0.15, 0.2) is 0 Å². The van der Waals surface area contributed by atoms with E-state index >= 15 is 0 Å². The predicted octanol–water partition coefficient (Wildman–Crippen LogP) is 2.36. The van der Waals surface area contributed by atoms with Crippen LogP contribution in [-0.4, -0.2) is 24.6 Å². The molecule has 0 saturated heterocycles. The SMILES string of the molecule is O=C(CNC(=O)c1ccccc1F)N/N=C\c1ccc(Cl)cc1. The fourth-order valence-corrected chi connectivity index (χ4v) is 1.79. The first kappa shape index (κ1) is 16.6. The minimum atomic E-state index is -0.667. The molecular weight excluding hydrogens is 321 g/mol. The Labute approximate surface area is 137 Å². The van der Waals surface area contributed by atoms with Crippen molar-refractivity contribution in [2.75, 3.05) is 6.54 Å². The van der Waals surface area contributed by atoms with E-state index in [9.17, 15) is 14.0 Å². The van der Waals surface area contributed by atoms with Crippen molar-refractivity contribution in [3.05, 3.63) is 70.5 Å². The van der Waals surface area contributed by atoms with Crippen molar-refractivity contribution in [3.8, 4) is 0 Å². The summed E-state index contributed by atoms with van der Waals surface area (Å²) in [4.78, 5) is 23.3. The number of benzene rings is 2. The van der Waals surface area contributed by atoms with Crippen LogP contribution in [0.15, 0.2) is 53.6 Å². The lowest BCUT2D eigenvalue weighted by molar-refractivity contribution is -0.120. The lowest BCUT2D eigenvalue weighted by atomic mass is 10.2. The van der Waals surface area contributed by atoms with Crippen molar-refractivity contribution >= 4 is 29.6 Å². The van der Waals surface area contributed by atoms with Crippen LogP contribution in [0.2, 0.25) is 5.02 Å². The zero-order valence-corrected chi connectivity index (χ0v) is 12.7. The molecule has 2 aromatic rings. The summed E-state index contributed by atoms with van der Waals surface area (Å²) in [6.45, 7) is -0.314. The number of hydrazone groups is 1. The van der Waals surface area contributed by atoms with Gasteiger partial charge in [-0.2, -0.15) is 5.10 Å². The maximum Gasteiger partial charge on any atom is 0.259 e. The third-order valence-electron chi connectivity index (χ3n) is 2.80. The fraction of sp³-hybridized carbons (Fsp3) is 0.0625. The molecule has 0 aliphatic carbocycles. The van der Waals surface area contributed by atoms with Gasteiger partial charge in [0.05, 0.1) is 18.3 Å². The Morgan fingerprint density at radius 2 is 1.83 bits per heavy atom. The summed E-state index contributed by atoms with van der Waals surface area (Å²) in [6.07, 6.45) is 1.44. The number of rotatable bonds is 5. The van der Waals surface area contributed by atoms with Gasteiger partial charge in [-0.05, 0) is 29.8 Å². The largest absolute Gasteiger partial charge is 0.343 e. The molecule has 2 aromatic carbocycles. The minimum absolute atomic E-state index is 0.120. The van der Waals surface area contributed by atoms with Crippen LogP contribution in [0, 0.1) is 5.82 Å². The van der Waals surface area contributed by atoms with Crippen LogP contribution in [0.5, 0.6) is 0 Å². The molecule has 0 aromatic heterocycles. The molecule has 0 aliphatic heterocycles. The Morgan fingerprint density at radius 3 is 2.52 bits per heavy atom. The van der Waals surface area contributed by atoms with Gasteiger partial charge < -0.3 is 5.32 Å². The normalized spacial score (nSPS) is 10.5. The van der Waals surface area contributed by atoms with Crippen molar-refractivity contribution in [1.82, 2.24) is 10.7 Å². The third-order valence-corrected chi connectivity index (χ3v) is 3.05. The van der Waals surface area contributed by atoms with Crippen LogP contribution in [0.1, 0.15) is 15.9 Å². The quantitative estimate of drug-likeness (QED) is 0.651. The topological polar surface area (TPSA) is 70.6 Å². The molecule has 0 radical (unpaired) electrons. The molecule has 118 valence electrons. The van der Waals surface area contributed by atoms with Gasteiger partial charge in [-0.3, -0.25) is 9.59 Å². The van der Waals surface area contributed by atoms with E-state index in [0.717, 1.165) is 5.56 Å². The number of nitrogens with one attached hydrogen (secondary N) is 2. The number of carbonyl (C=O) groups excluding carboxylic acids is 2. The van der Waals surface area contributed by atoms with E-state index in [1.54, 1.807) is 24.3 Å². The van der Waals surface area contributed by atoms with Gasteiger partial charge in [0.25, 0.3) is 11.8 Å². The number of nitrogens with zero attached hydrogens (tertiary/aromatic N) is 1. The van der Waals surface area contributed by atoms with Crippen LogP contribution >= 0.6 is 11.6 Å². The van der Waals surface area contributed by atoms with Gasteiger partial charge in [0.1, 0.15) is 5.82 Å². The first-order valence-corrected chi connectivity index (χ1v) is 7.04. The Kier molecular flexibility index (Phi) is 5.82. The van der Waals surface area contributed by atoms with Crippen LogP contribution in [0.25, 0.3) is 0 Å². The van der Waals surface area contributed by atoms with E-state index in [1.165, 1.54) is 30.5 Å². The number of hydrogen-bond donors (Lipinski definition) is 2. The van der Waals surface area contributed by atoms with Gasteiger partial charge in [0, 0.05) is 5.02 Å². The van der Waals surface area contributed by atoms with E-state index in [1.807, 2.05) is 0 Å². The lowest BCUT2D eigenvalue weighted by Gasteiger charge is -2.04. The van der Waals surface area contributed by atoms with Gasteiger partial charge in [-0.15, -0.1) is 0 Å². The molecule has 23 heavy (non-hydrogen) atoms. The molecule has 0 heterocycles. The molecule has 5 nitrogen and oxygen atoms in total. The Hall–Kier alpha value is -2.73. The van der Waals surface area contributed by atoms with Crippen molar-refractivity contribution in [2.45, 2.75) is 0 Å². The minimum Gasteiger partial charge on any atom is -0.343 e. The predicted molar refractivity (Wildman–Crippen MR) is 85.9 cm³/mol. The summed E-state index contributed by atoms with van der Waals surface area (Å²) in [7, 11) is 0. The number of halogens is 2. The van der Waals surface area contributed by atoms with E-state index < -0.39 is 17.6 Å². The average Bonchev–Trinajstić information content (AvgIpc) is 2.55. The zero-order valence-electron chi connectivity index (χ0n) is 11.9. The summed E-state index contributed by atoms with van der Waals surface area (Å²) in [5.41, 5.74) is 2.89. The molecule has 2 rings (SSSR count). The second-order valence-electron chi connectivity index (χ2n) is 4.51. The van der Waals surface area contributed by atoms with Gasteiger partial charge in [0.2, 0.25) is 0 Å². The Balaban J connectivity index is 1.80. The smallest absolute Gasteiger partial charge is 0.259 e. The van der Waals surface area contributed by atoms with Crippen LogP contribution < -0.4 is 10.7 Å². The Bertz CT molecular complexity index is 732. The number of hydrogen-bond acceptors (Lipinski definition) is 3. The second kappa shape index (κ2) is 8.05. The van der Waals surface area contributed by atoms with Crippen molar-refractivity contribution in [2.24, 2.45) is 5.10 Å². The highest BCUT2D eigenvalue weighted by Gasteiger charge is 2.11. The molecule has 0 saturated carbocycles. The lowest BCUT2D eigenvalue weighted by Crippen LogP contribution is -2.35. The molecule has 0 atom stereocenters. The third kappa shape index (κ3) is 5.19. The molecule has 0 fully saturated rings. The summed E-state index contributed by atoms with van der Waals surface area (Å²) in [5.74, 6) is -1.84. The summed E-state index contributed by atoms with van der Waals surface area (Å²) >= 11 is 5.75. The summed E-state index contributed by atoms with van der Waals surface area (Å²) < 4.78 is 13.4. The van der Waals surface area contributed by atoms with Crippen molar-refractivity contribution in [1.29, 1.82) is 0 Å². The first-order chi connectivity index (χ1) is 11.1. The van der Waals surface area contributed by atoms with Crippen LogP contribution in [0.4, 0.5) is 4.39 Å². The second-order valence-corrected chi connectivity index (χ2v) is 4.94. The van der Waals surface area contributed by atoms with Crippen molar-refractivity contribution < 1.29 is 14.0 Å². The monoisotopic (exact) mass is 333 g/mol. The molecular formula is C16H13ClFN3O2. The average molecular weight is 334 g/mol. The molecule has 0 unspecified atom stereocenters. The van der Waals surface area contributed by atoms with E-state index in [0.29, 0.717) is 5.02 Å². The van der Waals surface area contributed by atoms with Crippen LogP contribution in [-0.2, 0) is 4.79 Å². The highest BCUT2D eigenvalue weighted by atomic mass is 35.5. The molecule has 7 heteroatoms. The molecule has 0 bridgehead atoms. The summed E-state index contributed by atoms with van der Waals surface area (Å²) in [6, 6.07) is 12.4. The Morgan fingerprint density at radius 1 is 1.13 bits per heavy atom. The maximum absolute atomic E-state index is 13.4. The highest BCUT2D eigenvalue weighted by molar-refractivity contribution is 6.30. The zero-order chi connectivity index (χ0) is 16.7. The number of carbonyl (C=O) groups is 2. The van der Waals surface area contributed by atoms with Crippen LogP contribution in [0.3, 0.4) is 0 Å². The first-order valence-electron chi connectivity index (χ1n) is 6.66. The van der Waals surface area contributed by atoms with E-state index in [2.05, 4.69) is 15.8 Å². The van der Waals surface area contributed by atoms with E-state index in [4.69, 9.17) is 11.6 Å². The summed E-state index contributed by atoms with van der Waals surface area (Å²) in [5, 5.41) is 6.66. The molecule has 2 amide bonds. The molecule has 0 aliphatic rings. The highest BCUT2D eigenvalue weighted by Crippen LogP contribution is 2.07. The molecule has 2 N–H and O–H groups in total.